The molecule has 3 aliphatic carbocycles. The van der Waals surface area contributed by atoms with Crippen LogP contribution in [-0.4, -0.2) is 23.0 Å². The normalized spacial score (nSPS) is 53.7. The van der Waals surface area contributed by atoms with Gasteiger partial charge < -0.3 is 14.3 Å². The van der Waals surface area contributed by atoms with Gasteiger partial charge in [-0.25, -0.2) is 0 Å². The Morgan fingerprint density at radius 3 is 2.64 bits per heavy atom. The smallest absolute Gasteiger partial charge is 0.309 e. The van der Waals surface area contributed by atoms with E-state index in [0.29, 0.717) is 12.0 Å². The van der Waals surface area contributed by atoms with E-state index in [0.717, 1.165) is 19.3 Å². The van der Waals surface area contributed by atoms with Gasteiger partial charge in [-0.15, -0.1) is 0 Å². The lowest BCUT2D eigenvalue weighted by atomic mass is 9.28. The Morgan fingerprint density at radius 2 is 1.96 bits per heavy atom. The number of aliphatic hydroxyl groups is 1. The van der Waals surface area contributed by atoms with Crippen LogP contribution in [0, 0.1) is 28.1 Å². The lowest BCUT2D eigenvalue weighted by Crippen LogP contribution is -2.81. The summed E-state index contributed by atoms with van der Waals surface area (Å²) in [5, 5.41) is 11.5. The number of fused-ring (bicyclic) bond motifs is 2. The largest absolute Gasteiger partial charge is 0.472 e. The summed E-state index contributed by atoms with van der Waals surface area (Å²) >= 11 is 0. The van der Waals surface area contributed by atoms with Crippen molar-refractivity contribution in [3.8, 4) is 0 Å². The second-order valence-corrected chi connectivity index (χ2v) is 9.12. The first kappa shape index (κ1) is 15.6. The molecule has 1 aromatic heterocycles. The Labute approximate surface area is 146 Å². The molecule has 5 nitrogen and oxygen atoms in total. The van der Waals surface area contributed by atoms with Gasteiger partial charge in [-0.05, 0) is 31.2 Å². The third-order valence-corrected chi connectivity index (χ3v) is 8.70. The molecule has 5 rings (SSSR count). The minimum absolute atomic E-state index is 0.0497. The molecule has 3 saturated carbocycles. The van der Waals surface area contributed by atoms with E-state index in [2.05, 4.69) is 6.92 Å². The van der Waals surface area contributed by atoms with E-state index in [1.54, 1.807) is 6.07 Å². The van der Waals surface area contributed by atoms with Crippen molar-refractivity contribution in [1.29, 1.82) is 0 Å². The zero-order chi connectivity index (χ0) is 17.8. The lowest BCUT2D eigenvalue weighted by Gasteiger charge is -2.73. The van der Waals surface area contributed by atoms with Gasteiger partial charge in [0.05, 0.1) is 18.4 Å². The maximum Gasteiger partial charge on any atom is 0.309 e. The highest BCUT2D eigenvalue weighted by molar-refractivity contribution is 6.02. The molecule has 1 N–H and O–H groups in total. The molecule has 0 bridgehead atoms. The maximum atomic E-state index is 13.4. The summed E-state index contributed by atoms with van der Waals surface area (Å²) in [6.07, 6.45) is 5.89. The minimum atomic E-state index is -1.57. The van der Waals surface area contributed by atoms with Gasteiger partial charge in [-0.1, -0.05) is 27.2 Å². The first-order chi connectivity index (χ1) is 11.7. The molecule has 25 heavy (non-hydrogen) atoms. The molecule has 0 unspecified atom stereocenters. The van der Waals surface area contributed by atoms with Gasteiger partial charge in [0.2, 0.25) is 0 Å². The van der Waals surface area contributed by atoms with Gasteiger partial charge in [-0.3, -0.25) is 9.59 Å². The SMILES string of the molecule is C[C@@]12[C@@H]3C[C@]4(C)[C@](O)(c5ccoc5)C(=O)[C@]4(C)[C@H]1CCC[C@H]2C(=O)O3. The molecular weight excluding hydrogens is 320 g/mol. The van der Waals surface area contributed by atoms with Crippen molar-refractivity contribution in [1.82, 2.24) is 0 Å². The fraction of sp³-hybridized carbons (Fsp3) is 0.700. The first-order valence-electron chi connectivity index (χ1n) is 9.23. The molecule has 7 atom stereocenters. The van der Waals surface area contributed by atoms with E-state index in [-0.39, 0.29) is 35.1 Å². The van der Waals surface area contributed by atoms with Crippen LogP contribution in [0.3, 0.4) is 0 Å². The zero-order valence-corrected chi connectivity index (χ0v) is 14.9. The van der Waals surface area contributed by atoms with Crippen LogP contribution < -0.4 is 0 Å². The summed E-state index contributed by atoms with van der Waals surface area (Å²) in [6.45, 7) is 6.11. The van der Waals surface area contributed by atoms with Gasteiger partial charge in [0, 0.05) is 21.8 Å². The third kappa shape index (κ3) is 1.31. The van der Waals surface area contributed by atoms with Crippen molar-refractivity contribution in [2.45, 2.75) is 58.2 Å². The average molecular weight is 344 g/mol. The van der Waals surface area contributed by atoms with E-state index in [1.807, 2.05) is 13.8 Å². The number of esters is 1. The Hall–Kier alpha value is -1.62. The van der Waals surface area contributed by atoms with Gasteiger partial charge in [0.15, 0.2) is 11.4 Å². The molecule has 1 saturated heterocycles. The summed E-state index contributed by atoms with van der Waals surface area (Å²) in [4.78, 5) is 25.9. The van der Waals surface area contributed by atoms with E-state index < -0.39 is 16.4 Å². The summed E-state index contributed by atoms with van der Waals surface area (Å²) in [5.41, 5.74) is -2.70. The van der Waals surface area contributed by atoms with Gasteiger partial charge in [0.1, 0.15) is 6.10 Å². The molecular formula is C20H24O5. The van der Waals surface area contributed by atoms with Crippen LogP contribution >= 0.6 is 0 Å². The van der Waals surface area contributed by atoms with Gasteiger partial charge in [-0.2, -0.15) is 0 Å². The van der Waals surface area contributed by atoms with Crippen molar-refractivity contribution in [3.63, 3.8) is 0 Å². The highest BCUT2D eigenvalue weighted by Gasteiger charge is 2.85. The topological polar surface area (TPSA) is 76.7 Å². The molecule has 1 aliphatic heterocycles. The van der Waals surface area contributed by atoms with Crippen LogP contribution in [0.5, 0.6) is 0 Å². The Bertz CT molecular complexity index is 784. The predicted molar refractivity (Wildman–Crippen MR) is 87.3 cm³/mol. The van der Waals surface area contributed by atoms with Crippen LogP contribution in [0.15, 0.2) is 23.0 Å². The Balaban J connectivity index is 1.69. The van der Waals surface area contributed by atoms with Crippen LogP contribution in [0.1, 0.15) is 52.0 Å². The summed E-state index contributed by atoms with van der Waals surface area (Å²) in [6, 6.07) is 1.67. The summed E-state index contributed by atoms with van der Waals surface area (Å²) < 4.78 is 11.0. The monoisotopic (exact) mass is 344 g/mol. The van der Waals surface area contributed by atoms with E-state index in [1.165, 1.54) is 12.5 Å². The summed E-state index contributed by atoms with van der Waals surface area (Å²) in [5.74, 6) is -0.319. The lowest BCUT2D eigenvalue weighted by molar-refractivity contribution is -0.290. The fourth-order valence-corrected chi connectivity index (χ4v) is 7.12. The van der Waals surface area contributed by atoms with Crippen molar-refractivity contribution in [3.05, 3.63) is 24.2 Å². The van der Waals surface area contributed by atoms with E-state index in [9.17, 15) is 14.7 Å². The molecule has 0 aromatic carbocycles. The molecule has 1 aromatic rings. The molecule has 0 amide bonds. The number of furan rings is 1. The molecule has 2 heterocycles. The number of ketones is 1. The highest BCUT2D eigenvalue weighted by Crippen LogP contribution is 2.78. The van der Waals surface area contributed by atoms with Crippen molar-refractivity contribution >= 4 is 11.8 Å². The second kappa shape index (κ2) is 4.20. The third-order valence-electron chi connectivity index (χ3n) is 8.70. The number of rotatable bonds is 1. The van der Waals surface area contributed by atoms with Crippen LogP contribution in [-0.2, 0) is 19.9 Å². The number of carbonyl (C=O) groups is 2. The molecule has 5 heteroatoms. The fourth-order valence-electron chi connectivity index (χ4n) is 7.12. The van der Waals surface area contributed by atoms with E-state index in [4.69, 9.17) is 9.15 Å². The Kier molecular flexibility index (Phi) is 2.62. The maximum absolute atomic E-state index is 13.4. The average Bonchev–Trinajstić information content (AvgIpc) is 3.19. The standard InChI is InChI=1S/C20H24O5/c1-17-9-14-18(2)12(15(21)25-14)5-4-6-13(18)19(17,3)16(22)20(17,23)11-7-8-24-10-11/h7-8,10,12-14,23H,4-6,9H2,1-3H3/t12-,13-,14-,17-,18-,19-,20-/m0/s1. The van der Waals surface area contributed by atoms with Crippen LogP contribution in [0.4, 0.5) is 0 Å². The highest BCUT2D eigenvalue weighted by atomic mass is 16.6. The number of Topliss-reactive ketones (excluding diaryl/α,β-unsaturated/α-hetero) is 1. The molecule has 0 radical (unpaired) electrons. The van der Waals surface area contributed by atoms with E-state index >= 15 is 0 Å². The van der Waals surface area contributed by atoms with Crippen LogP contribution in [0.25, 0.3) is 0 Å². The summed E-state index contributed by atoms with van der Waals surface area (Å²) in [7, 11) is 0. The molecule has 4 fully saturated rings. The van der Waals surface area contributed by atoms with Crippen LogP contribution in [0.2, 0.25) is 0 Å². The molecule has 0 spiro atoms. The number of hydrogen-bond donors (Lipinski definition) is 1. The van der Waals surface area contributed by atoms with Crippen molar-refractivity contribution in [2.75, 3.05) is 0 Å². The number of hydrogen-bond acceptors (Lipinski definition) is 5. The first-order valence-corrected chi connectivity index (χ1v) is 9.23. The predicted octanol–water partition coefficient (Wildman–Crippen LogP) is 2.81. The Morgan fingerprint density at radius 1 is 1.20 bits per heavy atom. The minimum Gasteiger partial charge on any atom is -0.472 e. The van der Waals surface area contributed by atoms with Gasteiger partial charge >= 0.3 is 5.97 Å². The second-order valence-electron chi connectivity index (χ2n) is 9.12. The number of ether oxygens (including phenoxy) is 1. The van der Waals surface area contributed by atoms with Crippen molar-refractivity contribution in [2.24, 2.45) is 28.1 Å². The number of carbonyl (C=O) groups excluding carboxylic acids is 2. The van der Waals surface area contributed by atoms with Crippen molar-refractivity contribution < 1.29 is 23.8 Å². The zero-order valence-electron chi connectivity index (χ0n) is 14.9. The molecule has 134 valence electrons. The quantitative estimate of drug-likeness (QED) is 0.793. The molecule has 4 aliphatic rings. The van der Waals surface area contributed by atoms with Gasteiger partial charge in [0.25, 0.3) is 0 Å².